The number of carboxylic acid groups (broad SMARTS) is 1. The maximum Gasteiger partial charge on any atom is 0.341 e. The number of fused-ring (bicyclic) bond motifs is 1. The van der Waals surface area contributed by atoms with Gasteiger partial charge in [0.1, 0.15) is 11.4 Å². The first-order valence-electron chi connectivity index (χ1n) is 13.7. The van der Waals surface area contributed by atoms with Gasteiger partial charge < -0.3 is 24.0 Å². The van der Waals surface area contributed by atoms with Crippen molar-refractivity contribution in [2.24, 2.45) is 0 Å². The van der Waals surface area contributed by atoms with Crippen molar-refractivity contribution in [3.8, 4) is 11.4 Å². The molecule has 1 aliphatic heterocycles. The molecule has 0 unspecified atom stereocenters. The number of anilines is 1. The van der Waals surface area contributed by atoms with Crippen LogP contribution >= 0.6 is 23.4 Å². The van der Waals surface area contributed by atoms with E-state index in [4.69, 9.17) is 11.6 Å². The Hall–Kier alpha value is -3.90. The predicted octanol–water partition coefficient (Wildman–Crippen LogP) is 4.55. The summed E-state index contributed by atoms with van der Waals surface area (Å²) in [5, 5.41) is 19.4. The lowest BCUT2D eigenvalue weighted by Crippen LogP contribution is -2.49. The summed E-state index contributed by atoms with van der Waals surface area (Å²) in [6, 6.07) is 10.2. The number of aromatic carboxylic acids is 1. The Balaban J connectivity index is 1.14. The summed E-state index contributed by atoms with van der Waals surface area (Å²) < 4.78 is 19.0. The first-order valence-corrected chi connectivity index (χ1v) is 15.1. The van der Waals surface area contributed by atoms with Gasteiger partial charge in [0.15, 0.2) is 11.0 Å². The van der Waals surface area contributed by atoms with Gasteiger partial charge in [-0.15, -0.1) is 10.2 Å². The van der Waals surface area contributed by atoms with Crippen LogP contribution in [0.1, 0.15) is 36.2 Å². The number of hydrogen-bond donors (Lipinski definition) is 1. The second kappa shape index (κ2) is 11.4. The van der Waals surface area contributed by atoms with Gasteiger partial charge in [0.25, 0.3) is 0 Å². The van der Waals surface area contributed by atoms with E-state index in [0.29, 0.717) is 59.9 Å². The van der Waals surface area contributed by atoms with Crippen molar-refractivity contribution in [2.45, 2.75) is 37.5 Å². The van der Waals surface area contributed by atoms with E-state index in [9.17, 15) is 19.5 Å². The van der Waals surface area contributed by atoms with Gasteiger partial charge in [-0.1, -0.05) is 23.4 Å². The van der Waals surface area contributed by atoms with Crippen LogP contribution in [0.5, 0.6) is 0 Å². The molecule has 0 atom stereocenters. The van der Waals surface area contributed by atoms with Crippen molar-refractivity contribution in [3.05, 3.63) is 69.2 Å². The van der Waals surface area contributed by atoms with Crippen molar-refractivity contribution in [1.29, 1.82) is 0 Å². The van der Waals surface area contributed by atoms with Gasteiger partial charge in [-0.2, -0.15) is 0 Å². The van der Waals surface area contributed by atoms with Crippen molar-refractivity contribution in [3.63, 3.8) is 0 Å². The smallest absolute Gasteiger partial charge is 0.341 e. The monoisotopic (exact) mass is 610 g/mol. The third-order valence-electron chi connectivity index (χ3n) is 7.70. The van der Waals surface area contributed by atoms with E-state index < -0.39 is 17.2 Å². The minimum absolute atomic E-state index is 0.0406. The number of carboxylic acids is 1. The molecule has 42 heavy (non-hydrogen) atoms. The first-order chi connectivity index (χ1) is 20.2. The standard InChI is InChI=1S/C29H28ClFN6O4S/c1-2-36-27(17-3-5-18(30)6-4-17)32-33-29(36)42-16-25(38)35-11-9-34(10-12-35)24-14-23-20(13-22(24)31)26(39)21(28(40)41)15-37(23)19-7-8-19/h3-6,13-15,19H,2,7-12,16H2,1H3,(H,40,41). The number of pyridine rings is 1. The van der Waals surface area contributed by atoms with Gasteiger partial charge in [0, 0.05) is 60.9 Å². The summed E-state index contributed by atoms with van der Waals surface area (Å²) in [5.41, 5.74) is 0.709. The number of amides is 1. The largest absolute Gasteiger partial charge is 0.477 e. The number of halogens is 2. The maximum absolute atomic E-state index is 15.3. The molecular weight excluding hydrogens is 583 g/mol. The topological polar surface area (TPSA) is 114 Å². The number of aromatic nitrogens is 4. The highest BCUT2D eigenvalue weighted by molar-refractivity contribution is 7.99. The molecule has 1 saturated carbocycles. The highest BCUT2D eigenvalue weighted by Crippen LogP contribution is 2.38. The molecule has 1 amide bonds. The average Bonchev–Trinajstić information content (AvgIpc) is 3.75. The Bertz CT molecular complexity index is 1750. The van der Waals surface area contributed by atoms with Gasteiger partial charge in [-0.05, 0) is 56.2 Å². The molecule has 1 saturated heterocycles. The number of rotatable bonds is 8. The summed E-state index contributed by atoms with van der Waals surface area (Å²) in [6.07, 6.45) is 3.12. The van der Waals surface area contributed by atoms with E-state index >= 15 is 4.39 Å². The molecule has 1 aliphatic carbocycles. The fraction of sp³-hybridized carbons (Fsp3) is 0.345. The van der Waals surface area contributed by atoms with Crippen LogP contribution in [-0.4, -0.2) is 73.1 Å². The lowest BCUT2D eigenvalue weighted by atomic mass is 10.1. The molecule has 2 aromatic carbocycles. The molecule has 0 radical (unpaired) electrons. The summed E-state index contributed by atoms with van der Waals surface area (Å²) in [4.78, 5) is 41.1. The zero-order chi connectivity index (χ0) is 29.5. The highest BCUT2D eigenvalue weighted by Gasteiger charge is 2.29. The van der Waals surface area contributed by atoms with Gasteiger partial charge in [0.2, 0.25) is 11.3 Å². The van der Waals surface area contributed by atoms with Crippen LogP contribution in [0.2, 0.25) is 5.02 Å². The third kappa shape index (κ3) is 5.36. The molecule has 0 spiro atoms. The number of nitrogens with zero attached hydrogens (tertiary/aromatic N) is 6. The van der Waals surface area contributed by atoms with Crippen LogP contribution in [0.4, 0.5) is 10.1 Å². The third-order valence-corrected chi connectivity index (χ3v) is 8.91. The summed E-state index contributed by atoms with van der Waals surface area (Å²) in [6.45, 7) is 4.32. The normalized spacial score (nSPS) is 15.4. The van der Waals surface area contributed by atoms with Gasteiger partial charge in [-0.25, -0.2) is 9.18 Å². The van der Waals surface area contributed by atoms with Gasteiger partial charge >= 0.3 is 5.97 Å². The van der Waals surface area contributed by atoms with E-state index in [1.54, 1.807) is 27.7 Å². The molecule has 6 rings (SSSR count). The summed E-state index contributed by atoms with van der Waals surface area (Å²) >= 11 is 7.34. The van der Waals surface area contributed by atoms with Crippen molar-refractivity contribution < 1.29 is 19.1 Å². The van der Waals surface area contributed by atoms with E-state index in [1.165, 1.54) is 18.0 Å². The van der Waals surface area contributed by atoms with Crippen LogP contribution in [0.25, 0.3) is 22.3 Å². The molecule has 3 heterocycles. The van der Waals surface area contributed by atoms with E-state index in [-0.39, 0.29) is 28.7 Å². The fourth-order valence-corrected chi connectivity index (χ4v) is 6.35. The molecule has 2 aromatic heterocycles. The molecular formula is C29H28ClFN6O4S. The number of piperazine rings is 1. The second-order valence-electron chi connectivity index (χ2n) is 10.4. The SMILES string of the molecule is CCn1c(SCC(=O)N2CCN(c3cc4c(cc3F)c(=O)c(C(=O)O)cn4C3CC3)CC2)nnc1-c1ccc(Cl)cc1. The fourth-order valence-electron chi connectivity index (χ4n) is 5.32. The molecule has 1 N–H and O–H groups in total. The Morgan fingerprint density at radius 1 is 1.10 bits per heavy atom. The molecule has 10 nitrogen and oxygen atoms in total. The van der Waals surface area contributed by atoms with E-state index in [0.717, 1.165) is 24.5 Å². The van der Waals surface area contributed by atoms with Crippen molar-refractivity contribution in [2.75, 3.05) is 36.8 Å². The maximum atomic E-state index is 15.3. The number of carbonyl (C=O) groups is 2. The van der Waals surface area contributed by atoms with E-state index in [1.807, 2.05) is 28.5 Å². The lowest BCUT2D eigenvalue weighted by Gasteiger charge is -2.36. The molecule has 0 bridgehead atoms. The van der Waals surface area contributed by atoms with E-state index in [2.05, 4.69) is 10.2 Å². The Morgan fingerprint density at radius 2 is 1.81 bits per heavy atom. The number of thioether (sulfide) groups is 1. The zero-order valence-corrected chi connectivity index (χ0v) is 24.4. The Labute approximate surface area is 249 Å². The number of hydrogen-bond acceptors (Lipinski definition) is 7. The quantitative estimate of drug-likeness (QED) is 0.289. The molecule has 218 valence electrons. The average molecular weight is 611 g/mol. The predicted molar refractivity (Wildman–Crippen MR) is 159 cm³/mol. The van der Waals surface area contributed by atoms with Crippen LogP contribution in [-0.2, 0) is 11.3 Å². The van der Waals surface area contributed by atoms with Crippen LogP contribution in [0, 0.1) is 5.82 Å². The van der Waals surface area contributed by atoms with Crippen LogP contribution in [0.15, 0.2) is 52.5 Å². The molecule has 13 heteroatoms. The minimum atomic E-state index is -1.32. The summed E-state index contributed by atoms with van der Waals surface area (Å²) in [7, 11) is 0. The first kappa shape index (κ1) is 28.2. The van der Waals surface area contributed by atoms with Gasteiger partial charge in [0.05, 0.1) is 17.0 Å². The Morgan fingerprint density at radius 3 is 2.45 bits per heavy atom. The number of carbonyl (C=O) groups excluding carboxylic acids is 1. The van der Waals surface area contributed by atoms with Crippen LogP contribution < -0.4 is 10.3 Å². The number of benzene rings is 2. The molecule has 2 aliphatic rings. The minimum Gasteiger partial charge on any atom is -0.477 e. The van der Waals surface area contributed by atoms with Crippen LogP contribution in [0.3, 0.4) is 0 Å². The molecule has 2 fully saturated rings. The van der Waals surface area contributed by atoms with Crippen molar-refractivity contribution >= 4 is 51.8 Å². The van der Waals surface area contributed by atoms with Crippen molar-refractivity contribution in [1.82, 2.24) is 24.2 Å². The lowest BCUT2D eigenvalue weighted by molar-refractivity contribution is -0.128. The zero-order valence-electron chi connectivity index (χ0n) is 22.8. The summed E-state index contributed by atoms with van der Waals surface area (Å²) in [5.74, 6) is -1.04. The second-order valence-corrected chi connectivity index (χ2v) is 11.7. The Kier molecular flexibility index (Phi) is 7.67. The highest BCUT2D eigenvalue weighted by atomic mass is 35.5. The molecule has 4 aromatic rings. The van der Waals surface area contributed by atoms with Gasteiger partial charge in [-0.3, -0.25) is 9.59 Å².